The molecule has 0 saturated carbocycles. The van der Waals surface area contributed by atoms with E-state index in [1.54, 1.807) is 24.1 Å². The van der Waals surface area contributed by atoms with E-state index < -0.39 is 17.6 Å². The lowest BCUT2D eigenvalue weighted by Gasteiger charge is -2.36. The molecule has 2 fully saturated rings. The Kier molecular flexibility index (Phi) is 7.22. The second kappa shape index (κ2) is 10.2. The zero-order valence-corrected chi connectivity index (χ0v) is 21.2. The van der Waals surface area contributed by atoms with Gasteiger partial charge in [0.15, 0.2) is 0 Å². The summed E-state index contributed by atoms with van der Waals surface area (Å²) in [5.74, 6) is -0.949. The number of carbonyl (C=O) groups excluding carboxylic acids is 3. The molecule has 0 bridgehead atoms. The monoisotopic (exact) mass is 515 g/mol. The van der Waals surface area contributed by atoms with Gasteiger partial charge in [0, 0.05) is 25.8 Å². The second-order valence-electron chi connectivity index (χ2n) is 7.97. The minimum atomic E-state index is -0.918. The molecule has 2 aromatic rings. The van der Waals surface area contributed by atoms with E-state index in [2.05, 4.69) is 5.32 Å². The normalized spacial score (nSPS) is 19.6. The number of aryl methyl sites for hydroxylation is 1. The smallest absolute Gasteiger partial charge is 0.308 e. The molecule has 0 unspecified atom stereocenters. The van der Waals surface area contributed by atoms with Crippen molar-refractivity contribution in [3.63, 3.8) is 0 Å². The SMILES string of the molecule is CCOC(=O)C[C@@H]1C(=O)NCCN1c1nc2c(C)cccn2c(=O)c1/C=C1/SC(=S)N(CC)C1=O. The third kappa shape index (κ3) is 4.67. The van der Waals surface area contributed by atoms with Gasteiger partial charge < -0.3 is 15.0 Å². The molecule has 35 heavy (non-hydrogen) atoms. The number of rotatable bonds is 6. The number of hydrogen-bond acceptors (Lipinski definition) is 9. The first-order valence-electron chi connectivity index (χ1n) is 11.2. The molecule has 0 aliphatic carbocycles. The fourth-order valence-corrected chi connectivity index (χ4v) is 5.46. The van der Waals surface area contributed by atoms with Gasteiger partial charge >= 0.3 is 5.97 Å². The fourth-order valence-electron chi connectivity index (χ4n) is 4.10. The number of likely N-dealkylation sites (N-methyl/N-ethyl adjacent to an activating group) is 1. The van der Waals surface area contributed by atoms with Gasteiger partial charge in [-0.3, -0.25) is 28.5 Å². The van der Waals surface area contributed by atoms with Gasteiger partial charge in [-0.25, -0.2) is 4.98 Å². The Morgan fingerprint density at radius 2 is 2.11 bits per heavy atom. The molecule has 0 spiro atoms. The first-order valence-corrected chi connectivity index (χ1v) is 12.5. The van der Waals surface area contributed by atoms with Crippen molar-refractivity contribution >= 4 is 63.6 Å². The largest absolute Gasteiger partial charge is 0.466 e. The minimum absolute atomic E-state index is 0.147. The van der Waals surface area contributed by atoms with Crippen molar-refractivity contribution in [3.8, 4) is 0 Å². The molecule has 0 aromatic carbocycles. The molecule has 2 aliphatic rings. The van der Waals surface area contributed by atoms with Gasteiger partial charge in [-0.05, 0) is 38.5 Å². The van der Waals surface area contributed by atoms with E-state index in [1.165, 1.54) is 15.4 Å². The van der Waals surface area contributed by atoms with E-state index in [9.17, 15) is 19.2 Å². The van der Waals surface area contributed by atoms with Crippen LogP contribution in [0.1, 0.15) is 31.4 Å². The van der Waals surface area contributed by atoms with Crippen LogP contribution in [0.5, 0.6) is 0 Å². The maximum Gasteiger partial charge on any atom is 0.308 e. The van der Waals surface area contributed by atoms with Gasteiger partial charge in [-0.15, -0.1) is 0 Å². The zero-order valence-electron chi connectivity index (χ0n) is 19.6. The lowest BCUT2D eigenvalue weighted by Crippen LogP contribution is -2.57. The summed E-state index contributed by atoms with van der Waals surface area (Å²) in [6.45, 7) is 6.57. The Morgan fingerprint density at radius 3 is 2.80 bits per heavy atom. The highest BCUT2D eigenvalue weighted by molar-refractivity contribution is 8.26. The number of esters is 1. The second-order valence-corrected chi connectivity index (χ2v) is 9.65. The third-order valence-electron chi connectivity index (χ3n) is 5.80. The van der Waals surface area contributed by atoms with Crippen LogP contribution in [0.2, 0.25) is 0 Å². The van der Waals surface area contributed by atoms with Crippen molar-refractivity contribution in [1.29, 1.82) is 0 Å². The number of thiocarbonyl (C=S) groups is 1. The van der Waals surface area contributed by atoms with Crippen molar-refractivity contribution in [1.82, 2.24) is 19.6 Å². The van der Waals surface area contributed by atoms with Crippen LogP contribution in [0.25, 0.3) is 11.7 Å². The van der Waals surface area contributed by atoms with Crippen molar-refractivity contribution in [2.24, 2.45) is 0 Å². The number of piperazine rings is 1. The summed E-state index contributed by atoms with van der Waals surface area (Å²) in [6, 6.07) is 2.65. The summed E-state index contributed by atoms with van der Waals surface area (Å²) >= 11 is 6.43. The van der Waals surface area contributed by atoms with Crippen LogP contribution in [0.3, 0.4) is 0 Å². The summed E-state index contributed by atoms with van der Waals surface area (Å²) in [7, 11) is 0. The lowest BCUT2D eigenvalue weighted by atomic mass is 10.1. The van der Waals surface area contributed by atoms with Crippen molar-refractivity contribution in [2.45, 2.75) is 33.2 Å². The summed E-state index contributed by atoms with van der Waals surface area (Å²) < 4.78 is 6.89. The van der Waals surface area contributed by atoms with Crippen LogP contribution in [-0.2, 0) is 19.1 Å². The third-order valence-corrected chi connectivity index (χ3v) is 7.18. The van der Waals surface area contributed by atoms with Gasteiger partial charge in [0.25, 0.3) is 11.5 Å². The Bertz CT molecular complexity index is 1320. The summed E-state index contributed by atoms with van der Waals surface area (Å²) in [5, 5.41) is 2.76. The van der Waals surface area contributed by atoms with Gasteiger partial charge in [0.1, 0.15) is 21.8 Å². The number of hydrogen-bond donors (Lipinski definition) is 1. The van der Waals surface area contributed by atoms with Crippen molar-refractivity contribution < 1.29 is 19.1 Å². The first kappa shape index (κ1) is 24.9. The fraction of sp³-hybridized carbons (Fsp3) is 0.391. The number of anilines is 1. The van der Waals surface area contributed by atoms with E-state index in [1.807, 2.05) is 19.9 Å². The number of ether oxygens (including phenoxy) is 1. The molecule has 4 rings (SSSR count). The van der Waals surface area contributed by atoms with E-state index >= 15 is 0 Å². The topological polar surface area (TPSA) is 113 Å². The lowest BCUT2D eigenvalue weighted by molar-refractivity contribution is -0.145. The quantitative estimate of drug-likeness (QED) is 0.347. The van der Waals surface area contributed by atoms with Crippen molar-refractivity contribution in [3.05, 3.63) is 44.7 Å². The highest BCUT2D eigenvalue weighted by Gasteiger charge is 2.36. The number of aromatic nitrogens is 2. The molecule has 0 radical (unpaired) electrons. The first-order chi connectivity index (χ1) is 16.8. The number of nitrogens with zero attached hydrogens (tertiary/aromatic N) is 4. The highest BCUT2D eigenvalue weighted by atomic mass is 32.2. The Hall–Kier alpha value is -3.25. The minimum Gasteiger partial charge on any atom is -0.466 e. The number of pyridine rings is 1. The van der Waals surface area contributed by atoms with E-state index in [4.69, 9.17) is 21.9 Å². The van der Waals surface area contributed by atoms with Crippen LogP contribution in [0.4, 0.5) is 5.82 Å². The molecular weight excluding hydrogens is 490 g/mol. The van der Waals surface area contributed by atoms with Crippen LogP contribution in [0, 0.1) is 6.92 Å². The zero-order chi connectivity index (χ0) is 25.3. The van der Waals surface area contributed by atoms with Crippen LogP contribution >= 0.6 is 24.0 Å². The number of nitrogens with one attached hydrogen (secondary N) is 1. The standard InChI is InChI=1S/C23H25N5O5S2/c1-4-26-22(32)16(35-23(26)34)11-14-19(25-18-13(3)7-6-9-28(18)21(14)31)27-10-8-24-20(30)15(27)12-17(29)33-5-2/h6-7,9,11,15H,4-5,8,10,12H2,1-3H3,(H,24,30)/b16-11+/t15-/m1/s1. The molecule has 12 heteroatoms. The van der Waals surface area contributed by atoms with E-state index in [-0.39, 0.29) is 36.2 Å². The number of thioether (sulfide) groups is 1. The van der Waals surface area contributed by atoms with Gasteiger partial charge in [0.05, 0.1) is 23.5 Å². The Balaban J connectivity index is 1.91. The average Bonchev–Trinajstić information content (AvgIpc) is 3.09. The summed E-state index contributed by atoms with van der Waals surface area (Å²) in [4.78, 5) is 59.8. The van der Waals surface area contributed by atoms with Gasteiger partial charge in [-0.1, -0.05) is 30.0 Å². The van der Waals surface area contributed by atoms with Crippen molar-refractivity contribution in [2.75, 3.05) is 31.1 Å². The average molecular weight is 516 g/mol. The molecule has 10 nitrogen and oxygen atoms in total. The molecule has 1 atom stereocenters. The molecule has 2 amide bonds. The highest BCUT2D eigenvalue weighted by Crippen LogP contribution is 2.34. The molecule has 2 aromatic heterocycles. The predicted molar refractivity (Wildman–Crippen MR) is 137 cm³/mol. The maximum absolute atomic E-state index is 13.7. The van der Waals surface area contributed by atoms with Crippen LogP contribution < -0.4 is 15.8 Å². The maximum atomic E-state index is 13.7. The van der Waals surface area contributed by atoms with Crippen LogP contribution in [-0.4, -0.2) is 68.7 Å². The number of carbonyl (C=O) groups is 3. The molecule has 2 saturated heterocycles. The number of amides is 2. The predicted octanol–water partition coefficient (Wildman–Crippen LogP) is 1.48. The molecule has 4 heterocycles. The van der Waals surface area contributed by atoms with Gasteiger partial charge in [-0.2, -0.15) is 0 Å². The molecule has 1 N–H and O–H groups in total. The summed E-state index contributed by atoms with van der Waals surface area (Å²) in [6.07, 6.45) is 2.89. The molecule has 184 valence electrons. The van der Waals surface area contributed by atoms with Gasteiger partial charge in [0.2, 0.25) is 5.91 Å². The Labute approximate surface area is 211 Å². The van der Waals surface area contributed by atoms with E-state index in [0.29, 0.717) is 34.5 Å². The molecular formula is C23H25N5O5S2. The number of fused-ring (bicyclic) bond motifs is 1. The summed E-state index contributed by atoms with van der Waals surface area (Å²) in [5.41, 5.74) is 0.939. The van der Waals surface area contributed by atoms with Crippen LogP contribution in [0.15, 0.2) is 28.0 Å². The van der Waals surface area contributed by atoms with E-state index in [0.717, 1.165) is 17.3 Å². The Morgan fingerprint density at radius 1 is 1.34 bits per heavy atom. The molecule has 2 aliphatic heterocycles.